The Morgan fingerprint density at radius 1 is 0.288 bits per heavy atom. The number of unbranched alkanes of at least 4 members (excludes halogenated alkanes) is 37. The molecular weight excluding hydrogens is 901 g/mol. The molecular formula is C67H120O6. The van der Waals surface area contributed by atoms with Crippen LogP contribution in [0.15, 0.2) is 60.8 Å². The normalized spacial score (nSPS) is 12.4. The number of rotatable bonds is 58. The molecule has 1 atom stereocenters. The lowest BCUT2D eigenvalue weighted by Crippen LogP contribution is -2.30. The van der Waals surface area contributed by atoms with E-state index in [9.17, 15) is 14.4 Å². The van der Waals surface area contributed by atoms with Crippen LogP contribution in [0.3, 0.4) is 0 Å². The summed E-state index contributed by atoms with van der Waals surface area (Å²) in [4.78, 5) is 38.2. The van der Waals surface area contributed by atoms with Gasteiger partial charge in [-0.1, -0.05) is 306 Å². The average Bonchev–Trinajstić information content (AvgIpc) is 3.39. The molecule has 0 aliphatic carbocycles. The van der Waals surface area contributed by atoms with Crippen LogP contribution in [0.1, 0.15) is 329 Å². The van der Waals surface area contributed by atoms with Gasteiger partial charge in [0.2, 0.25) is 0 Å². The maximum Gasteiger partial charge on any atom is 0.306 e. The summed E-state index contributed by atoms with van der Waals surface area (Å²) in [6.07, 6.45) is 78.0. The van der Waals surface area contributed by atoms with Crippen LogP contribution < -0.4 is 0 Å². The lowest BCUT2D eigenvalue weighted by molar-refractivity contribution is -0.167. The van der Waals surface area contributed by atoms with Crippen LogP contribution in [-0.2, 0) is 28.6 Å². The van der Waals surface area contributed by atoms with Crippen LogP contribution in [0.25, 0.3) is 0 Å². The highest BCUT2D eigenvalue weighted by atomic mass is 16.6. The van der Waals surface area contributed by atoms with Crippen LogP contribution in [0.2, 0.25) is 0 Å². The predicted molar refractivity (Wildman–Crippen MR) is 316 cm³/mol. The van der Waals surface area contributed by atoms with E-state index in [1.54, 1.807) is 0 Å². The van der Waals surface area contributed by atoms with Crippen LogP contribution >= 0.6 is 0 Å². The van der Waals surface area contributed by atoms with Gasteiger partial charge in [-0.25, -0.2) is 0 Å². The molecule has 424 valence electrons. The molecule has 1 unspecified atom stereocenters. The molecule has 0 heterocycles. The fourth-order valence-electron chi connectivity index (χ4n) is 9.30. The maximum atomic E-state index is 12.9. The molecule has 0 radical (unpaired) electrons. The molecule has 0 fully saturated rings. The lowest BCUT2D eigenvalue weighted by Gasteiger charge is -2.18. The highest BCUT2D eigenvalue weighted by molar-refractivity contribution is 5.71. The first-order valence-corrected chi connectivity index (χ1v) is 31.8. The van der Waals surface area contributed by atoms with Gasteiger partial charge >= 0.3 is 17.9 Å². The molecule has 0 saturated heterocycles. The summed E-state index contributed by atoms with van der Waals surface area (Å²) in [6, 6.07) is 0. The van der Waals surface area contributed by atoms with E-state index in [0.717, 1.165) is 89.9 Å². The molecule has 0 amide bonds. The predicted octanol–water partition coefficient (Wildman–Crippen LogP) is 21.6. The summed E-state index contributed by atoms with van der Waals surface area (Å²) in [6.45, 7) is 6.56. The topological polar surface area (TPSA) is 78.9 Å². The van der Waals surface area contributed by atoms with E-state index >= 15 is 0 Å². The molecule has 0 rings (SSSR count). The molecule has 0 aromatic heterocycles. The monoisotopic (exact) mass is 1020 g/mol. The Balaban J connectivity index is 4.22. The molecule has 6 heteroatoms. The van der Waals surface area contributed by atoms with Crippen molar-refractivity contribution in [2.24, 2.45) is 0 Å². The van der Waals surface area contributed by atoms with Crippen LogP contribution in [0, 0.1) is 0 Å². The number of ether oxygens (including phenoxy) is 3. The second kappa shape index (κ2) is 61.7. The van der Waals surface area contributed by atoms with Gasteiger partial charge in [0.05, 0.1) is 0 Å². The highest BCUT2D eigenvalue weighted by Gasteiger charge is 2.19. The van der Waals surface area contributed by atoms with Crippen LogP contribution in [0.4, 0.5) is 0 Å². The number of allylic oxidation sites excluding steroid dienone is 10. The minimum atomic E-state index is -0.771. The summed E-state index contributed by atoms with van der Waals surface area (Å²) in [7, 11) is 0. The SMILES string of the molecule is CC/C=C\C/C=C\C/C=C\C/C=C\C/C=C\CCCCCCCCCCCCCC(=O)OCC(COC(=O)CCCCCCCCCCCCC)OC(=O)CCCCCCCCCCCCCCCCCCC. The third-order valence-electron chi connectivity index (χ3n) is 14.0. The Kier molecular flexibility index (Phi) is 59.2. The minimum Gasteiger partial charge on any atom is -0.462 e. The molecule has 0 N–H and O–H groups in total. The fraction of sp³-hybridized carbons (Fsp3) is 0.806. The van der Waals surface area contributed by atoms with Crippen molar-refractivity contribution in [3.05, 3.63) is 60.8 Å². The third-order valence-corrected chi connectivity index (χ3v) is 14.0. The van der Waals surface area contributed by atoms with Gasteiger partial charge in [0.25, 0.3) is 0 Å². The first-order chi connectivity index (χ1) is 36.0. The van der Waals surface area contributed by atoms with Gasteiger partial charge in [0.1, 0.15) is 13.2 Å². The molecule has 0 bridgehead atoms. The van der Waals surface area contributed by atoms with E-state index in [4.69, 9.17) is 14.2 Å². The van der Waals surface area contributed by atoms with Gasteiger partial charge in [0, 0.05) is 19.3 Å². The highest BCUT2D eigenvalue weighted by Crippen LogP contribution is 2.17. The van der Waals surface area contributed by atoms with Crippen LogP contribution in [0.5, 0.6) is 0 Å². The number of hydrogen-bond donors (Lipinski definition) is 0. The molecule has 73 heavy (non-hydrogen) atoms. The third kappa shape index (κ3) is 59.9. The first kappa shape index (κ1) is 70.1. The summed E-state index contributed by atoms with van der Waals surface area (Å²) >= 11 is 0. The Hall–Kier alpha value is -2.89. The van der Waals surface area contributed by atoms with Crippen LogP contribution in [-0.4, -0.2) is 37.2 Å². The zero-order valence-corrected chi connectivity index (χ0v) is 48.7. The van der Waals surface area contributed by atoms with E-state index in [2.05, 4.69) is 81.5 Å². The maximum absolute atomic E-state index is 12.9. The van der Waals surface area contributed by atoms with Gasteiger partial charge in [-0.15, -0.1) is 0 Å². The van der Waals surface area contributed by atoms with E-state index in [1.165, 1.54) is 199 Å². The Morgan fingerprint density at radius 2 is 0.534 bits per heavy atom. The van der Waals surface area contributed by atoms with Gasteiger partial charge < -0.3 is 14.2 Å². The fourth-order valence-corrected chi connectivity index (χ4v) is 9.30. The van der Waals surface area contributed by atoms with Crippen molar-refractivity contribution in [3.8, 4) is 0 Å². The standard InChI is InChI=1S/C67H120O6/c1-4-7-10-13-16-19-22-24-26-28-29-30-31-32-33-34-35-36-37-39-40-42-45-48-51-54-57-60-66(69)72-63-64(62-71-65(68)59-56-53-50-47-44-21-18-15-12-9-6-3)73-67(70)61-58-55-52-49-46-43-41-38-27-25-23-20-17-14-11-8-5-2/h7,10,16,19,24,26,29-30,32-33,64H,4-6,8-9,11-15,17-18,20-23,25,27-28,31,34-63H2,1-3H3/b10-7-,19-16-,26-24-,30-29-,33-32-. The van der Waals surface area contributed by atoms with Crippen molar-refractivity contribution in [2.45, 2.75) is 335 Å². The number of carbonyl (C=O) groups excluding carboxylic acids is 3. The van der Waals surface area contributed by atoms with E-state index in [1.807, 2.05) is 0 Å². The number of carbonyl (C=O) groups is 3. The van der Waals surface area contributed by atoms with Gasteiger partial charge in [-0.05, 0) is 64.2 Å². The van der Waals surface area contributed by atoms with Gasteiger partial charge in [-0.2, -0.15) is 0 Å². The zero-order chi connectivity index (χ0) is 52.9. The summed E-state index contributed by atoms with van der Waals surface area (Å²) in [5, 5.41) is 0. The molecule has 0 aliphatic rings. The molecule has 0 saturated carbocycles. The molecule has 6 nitrogen and oxygen atoms in total. The average molecular weight is 1020 g/mol. The zero-order valence-electron chi connectivity index (χ0n) is 48.7. The van der Waals surface area contributed by atoms with E-state index < -0.39 is 6.10 Å². The second-order valence-electron chi connectivity index (χ2n) is 21.3. The smallest absolute Gasteiger partial charge is 0.306 e. The van der Waals surface area contributed by atoms with Crippen molar-refractivity contribution in [3.63, 3.8) is 0 Å². The lowest BCUT2D eigenvalue weighted by atomic mass is 10.0. The van der Waals surface area contributed by atoms with Gasteiger partial charge in [0.15, 0.2) is 6.10 Å². The summed E-state index contributed by atoms with van der Waals surface area (Å²) in [5.41, 5.74) is 0. The molecule has 0 aromatic rings. The summed E-state index contributed by atoms with van der Waals surface area (Å²) < 4.78 is 16.9. The largest absolute Gasteiger partial charge is 0.462 e. The Labute approximate surface area is 453 Å². The van der Waals surface area contributed by atoms with Crippen molar-refractivity contribution < 1.29 is 28.6 Å². The molecule has 0 aliphatic heterocycles. The molecule has 0 aromatic carbocycles. The second-order valence-corrected chi connectivity index (χ2v) is 21.3. The van der Waals surface area contributed by atoms with Gasteiger partial charge in [-0.3, -0.25) is 14.4 Å². The minimum absolute atomic E-state index is 0.0694. The van der Waals surface area contributed by atoms with Crippen molar-refractivity contribution >= 4 is 17.9 Å². The molecule has 0 spiro atoms. The Bertz CT molecular complexity index is 1310. The Morgan fingerprint density at radius 3 is 0.836 bits per heavy atom. The number of hydrogen-bond acceptors (Lipinski definition) is 6. The van der Waals surface area contributed by atoms with Crippen molar-refractivity contribution in [2.75, 3.05) is 13.2 Å². The first-order valence-electron chi connectivity index (χ1n) is 31.8. The quantitative estimate of drug-likeness (QED) is 0.0261. The van der Waals surface area contributed by atoms with Crippen molar-refractivity contribution in [1.82, 2.24) is 0 Å². The summed E-state index contributed by atoms with van der Waals surface area (Å²) in [5.74, 6) is -0.854. The van der Waals surface area contributed by atoms with Crippen molar-refractivity contribution in [1.29, 1.82) is 0 Å². The number of esters is 3. The van der Waals surface area contributed by atoms with E-state index in [-0.39, 0.29) is 31.1 Å². The van der Waals surface area contributed by atoms with E-state index in [0.29, 0.717) is 19.3 Å².